The lowest BCUT2D eigenvalue weighted by Crippen LogP contribution is -2.36. The molecular weight excluding hydrogens is 534 g/mol. The van der Waals surface area contributed by atoms with Crippen molar-refractivity contribution in [1.29, 1.82) is 0 Å². The van der Waals surface area contributed by atoms with Gasteiger partial charge in [0.25, 0.3) is 5.91 Å². The van der Waals surface area contributed by atoms with Crippen LogP contribution in [0.1, 0.15) is 66.3 Å². The number of aryl methyl sites for hydroxylation is 1. The number of amides is 1. The summed E-state index contributed by atoms with van der Waals surface area (Å²) in [6.45, 7) is 7.76. The van der Waals surface area contributed by atoms with Crippen molar-refractivity contribution in [3.05, 3.63) is 62.6 Å². The Labute approximate surface area is 219 Å². The van der Waals surface area contributed by atoms with E-state index in [1.165, 1.54) is 6.07 Å². The fourth-order valence-corrected chi connectivity index (χ4v) is 5.09. The highest BCUT2D eigenvalue weighted by Crippen LogP contribution is 2.36. The van der Waals surface area contributed by atoms with E-state index in [4.69, 9.17) is 21.1 Å². The van der Waals surface area contributed by atoms with Crippen LogP contribution in [0.4, 0.5) is 5.69 Å². The molecule has 3 atom stereocenters. The summed E-state index contributed by atoms with van der Waals surface area (Å²) in [5.74, 6) is -0.680. The van der Waals surface area contributed by atoms with Crippen LogP contribution in [0.15, 0.2) is 40.9 Å². The van der Waals surface area contributed by atoms with Crippen molar-refractivity contribution in [2.45, 2.75) is 53.1 Å². The predicted octanol–water partition coefficient (Wildman–Crippen LogP) is 6.82. The molecule has 35 heavy (non-hydrogen) atoms. The lowest BCUT2D eigenvalue weighted by atomic mass is 9.75. The van der Waals surface area contributed by atoms with E-state index < -0.39 is 24.5 Å². The minimum absolute atomic E-state index is 0.0677. The van der Waals surface area contributed by atoms with Crippen molar-refractivity contribution in [3.8, 4) is 0 Å². The first-order valence-electron chi connectivity index (χ1n) is 11.8. The standard InChI is InChI=1S/C27H31BrClNO5/c1-15(2)18-10-9-16(3)11-24(18)35-27(33)20-8-6-5-7-19(20)26(32)34-14-25(31)30-23-13-22(29)21(28)12-17(23)4/h5-8,12-13,15-16,18,24H,9-11,14H2,1-4H3,(H,30,31)/t16-,18+,24-/m1/s1. The molecule has 2 aromatic rings. The molecular formula is C27H31BrClNO5. The number of benzene rings is 2. The van der Waals surface area contributed by atoms with Crippen molar-refractivity contribution in [2.24, 2.45) is 17.8 Å². The summed E-state index contributed by atoms with van der Waals surface area (Å²) in [6, 6.07) is 9.75. The molecule has 1 fully saturated rings. The van der Waals surface area contributed by atoms with Gasteiger partial charge in [-0.2, -0.15) is 0 Å². The Kier molecular flexibility index (Phi) is 9.36. The van der Waals surface area contributed by atoms with Crippen molar-refractivity contribution >= 4 is 51.1 Å². The number of anilines is 1. The number of hydrogen-bond donors (Lipinski definition) is 1. The second kappa shape index (κ2) is 12.0. The van der Waals surface area contributed by atoms with Gasteiger partial charge in [-0.3, -0.25) is 4.79 Å². The Bertz CT molecular complexity index is 1100. The Morgan fingerprint density at radius 1 is 1.11 bits per heavy atom. The Morgan fingerprint density at radius 2 is 1.77 bits per heavy atom. The zero-order valence-corrected chi connectivity index (χ0v) is 22.7. The average molecular weight is 565 g/mol. The van der Waals surface area contributed by atoms with Crippen LogP contribution in [0.25, 0.3) is 0 Å². The maximum atomic E-state index is 13.1. The quantitative estimate of drug-likeness (QED) is 0.373. The smallest absolute Gasteiger partial charge is 0.339 e. The van der Waals surface area contributed by atoms with E-state index in [1.54, 1.807) is 30.3 Å². The number of esters is 2. The molecule has 6 nitrogen and oxygen atoms in total. The van der Waals surface area contributed by atoms with Crippen LogP contribution in [0, 0.1) is 24.7 Å². The van der Waals surface area contributed by atoms with Gasteiger partial charge >= 0.3 is 11.9 Å². The minimum atomic E-state index is -0.768. The van der Waals surface area contributed by atoms with Gasteiger partial charge in [-0.15, -0.1) is 0 Å². The molecule has 2 aromatic carbocycles. The zero-order chi connectivity index (χ0) is 25.7. The normalized spacial score (nSPS) is 19.8. The van der Waals surface area contributed by atoms with Gasteiger partial charge in [0, 0.05) is 10.2 Å². The Morgan fingerprint density at radius 3 is 2.43 bits per heavy atom. The fourth-order valence-electron chi connectivity index (χ4n) is 4.47. The topological polar surface area (TPSA) is 81.7 Å². The summed E-state index contributed by atoms with van der Waals surface area (Å²) < 4.78 is 11.8. The number of carbonyl (C=O) groups excluding carboxylic acids is 3. The third-order valence-electron chi connectivity index (χ3n) is 6.46. The first kappa shape index (κ1) is 27.2. The lowest BCUT2D eigenvalue weighted by molar-refractivity contribution is -0.119. The summed E-state index contributed by atoms with van der Waals surface area (Å²) in [7, 11) is 0. The maximum Gasteiger partial charge on any atom is 0.339 e. The van der Waals surface area contributed by atoms with Crippen molar-refractivity contribution in [1.82, 2.24) is 0 Å². The molecule has 1 aliphatic rings. The molecule has 0 saturated heterocycles. The van der Waals surface area contributed by atoms with E-state index in [9.17, 15) is 14.4 Å². The summed E-state index contributed by atoms with van der Waals surface area (Å²) >= 11 is 9.43. The second-order valence-electron chi connectivity index (χ2n) is 9.52. The summed E-state index contributed by atoms with van der Waals surface area (Å²) in [6.07, 6.45) is 2.75. The molecule has 1 amide bonds. The molecule has 0 aliphatic heterocycles. The predicted molar refractivity (Wildman–Crippen MR) is 140 cm³/mol. The van der Waals surface area contributed by atoms with E-state index in [2.05, 4.69) is 42.0 Å². The molecule has 0 bridgehead atoms. The zero-order valence-electron chi connectivity index (χ0n) is 20.4. The molecule has 188 valence electrons. The van der Waals surface area contributed by atoms with Gasteiger partial charge in [0.05, 0.1) is 16.1 Å². The highest BCUT2D eigenvalue weighted by Gasteiger charge is 2.34. The summed E-state index contributed by atoms with van der Waals surface area (Å²) in [4.78, 5) is 38.2. The van der Waals surface area contributed by atoms with E-state index in [-0.39, 0.29) is 23.1 Å². The van der Waals surface area contributed by atoms with Crippen LogP contribution in [0.3, 0.4) is 0 Å². The molecule has 1 saturated carbocycles. The number of halogens is 2. The SMILES string of the molecule is Cc1cc(Br)c(Cl)cc1NC(=O)COC(=O)c1ccccc1C(=O)O[C@@H]1C[C@H](C)CC[C@H]1C(C)C. The largest absolute Gasteiger partial charge is 0.458 e. The van der Waals surface area contributed by atoms with Crippen LogP contribution in [-0.4, -0.2) is 30.6 Å². The van der Waals surface area contributed by atoms with Crippen molar-refractivity contribution in [2.75, 3.05) is 11.9 Å². The van der Waals surface area contributed by atoms with Crippen molar-refractivity contribution in [3.63, 3.8) is 0 Å². The molecule has 0 aromatic heterocycles. The van der Waals surface area contributed by atoms with E-state index in [0.717, 1.165) is 24.8 Å². The number of hydrogen-bond acceptors (Lipinski definition) is 5. The van der Waals surface area contributed by atoms with Gasteiger partial charge in [0.1, 0.15) is 6.10 Å². The van der Waals surface area contributed by atoms with Crippen molar-refractivity contribution < 1.29 is 23.9 Å². The molecule has 0 heterocycles. The Hall–Kier alpha value is -2.38. The van der Waals surface area contributed by atoms with E-state index >= 15 is 0 Å². The molecule has 3 rings (SSSR count). The van der Waals surface area contributed by atoms with E-state index in [1.807, 2.05) is 6.92 Å². The molecule has 8 heteroatoms. The maximum absolute atomic E-state index is 13.1. The number of nitrogens with one attached hydrogen (secondary N) is 1. The van der Waals surface area contributed by atoms with Crippen LogP contribution < -0.4 is 5.32 Å². The highest BCUT2D eigenvalue weighted by atomic mass is 79.9. The van der Waals surface area contributed by atoms with Gasteiger partial charge in [-0.05, 0) is 83.3 Å². The summed E-state index contributed by atoms with van der Waals surface area (Å²) in [5.41, 5.74) is 1.52. The monoisotopic (exact) mass is 563 g/mol. The molecule has 0 radical (unpaired) electrons. The minimum Gasteiger partial charge on any atom is -0.458 e. The molecule has 1 N–H and O–H groups in total. The van der Waals surface area contributed by atoms with Gasteiger partial charge in [-0.1, -0.05) is 50.9 Å². The van der Waals surface area contributed by atoms with Crippen LogP contribution in [-0.2, 0) is 14.3 Å². The fraction of sp³-hybridized carbons (Fsp3) is 0.444. The number of carbonyl (C=O) groups is 3. The van der Waals surface area contributed by atoms with Crippen LogP contribution in [0.5, 0.6) is 0 Å². The molecule has 0 unspecified atom stereocenters. The lowest BCUT2D eigenvalue weighted by Gasteiger charge is -2.36. The number of rotatable bonds is 7. The van der Waals surface area contributed by atoms with E-state index in [0.29, 0.717) is 27.0 Å². The van der Waals surface area contributed by atoms with Gasteiger partial charge < -0.3 is 14.8 Å². The first-order chi connectivity index (χ1) is 16.6. The first-order valence-corrected chi connectivity index (χ1v) is 13.0. The second-order valence-corrected chi connectivity index (χ2v) is 10.8. The molecule has 0 spiro atoms. The average Bonchev–Trinajstić information content (AvgIpc) is 2.80. The van der Waals surface area contributed by atoms with Crippen LogP contribution in [0.2, 0.25) is 5.02 Å². The Balaban J connectivity index is 1.65. The van der Waals surface area contributed by atoms with Gasteiger partial charge in [-0.25, -0.2) is 9.59 Å². The third kappa shape index (κ3) is 7.07. The van der Waals surface area contributed by atoms with Gasteiger partial charge in [0.2, 0.25) is 0 Å². The van der Waals surface area contributed by atoms with Crippen LogP contribution >= 0.6 is 27.5 Å². The molecule has 1 aliphatic carbocycles. The number of ether oxygens (including phenoxy) is 2. The summed E-state index contributed by atoms with van der Waals surface area (Å²) in [5, 5.41) is 3.13. The highest BCUT2D eigenvalue weighted by molar-refractivity contribution is 9.10. The van der Waals surface area contributed by atoms with Gasteiger partial charge in [0.15, 0.2) is 6.61 Å². The third-order valence-corrected chi connectivity index (χ3v) is 7.66.